The zero-order chi connectivity index (χ0) is 26.4. The SMILES string of the molecule is COc1ccc(CN2CCC3(C[C@H]2c2cn(C)nn2)OCCc2c3sc(C(F)(F)F)c2CO)c(OC)c1. The lowest BCUT2D eigenvalue weighted by Gasteiger charge is -2.47. The minimum Gasteiger partial charge on any atom is -0.497 e. The summed E-state index contributed by atoms with van der Waals surface area (Å²) in [6, 6.07) is 5.40. The van der Waals surface area contributed by atoms with Gasteiger partial charge in [0.15, 0.2) is 0 Å². The molecule has 0 aliphatic carbocycles. The summed E-state index contributed by atoms with van der Waals surface area (Å²) in [5.41, 5.74) is 1.34. The fourth-order valence-electron chi connectivity index (χ4n) is 5.50. The fourth-order valence-corrected chi connectivity index (χ4v) is 6.91. The number of hydrogen-bond acceptors (Lipinski definition) is 8. The maximum atomic E-state index is 13.9. The summed E-state index contributed by atoms with van der Waals surface area (Å²) in [7, 11) is 4.98. The third kappa shape index (κ3) is 4.71. The Hall–Kier alpha value is -2.67. The van der Waals surface area contributed by atoms with Crippen LogP contribution in [0.3, 0.4) is 0 Å². The van der Waals surface area contributed by atoms with Crippen molar-refractivity contribution in [2.75, 3.05) is 27.4 Å². The van der Waals surface area contributed by atoms with Crippen LogP contribution in [-0.4, -0.2) is 52.4 Å². The number of ether oxygens (including phenoxy) is 3. The second-order valence-corrected chi connectivity index (χ2v) is 10.4. The predicted molar refractivity (Wildman–Crippen MR) is 130 cm³/mol. The van der Waals surface area contributed by atoms with E-state index in [1.807, 2.05) is 24.4 Å². The van der Waals surface area contributed by atoms with Crippen molar-refractivity contribution in [3.8, 4) is 11.5 Å². The molecule has 1 aromatic carbocycles. The zero-order valence-electron chi connectivity index (χ0n) is 20.8. The van der Waals surface area contributed by atoms with E-state index in [0.717, 1.165) is 11.3 Å². The van der Waals surface area contributed by atoms with Crippen LogP contribution in [0.25, 0.3) is 0 Å². The quantitative estimate of drug-likeness (QED) is 0.504. The first-order valence-electron chi connectivity index (χ1n) is 12.0. The molecule has 5 rings (SSSR count). The number of aliphatic hydroxyl groups excluding tert-OH is 1. The molecule has 3 aromatic rings. The normalized spacial score (nSPS) is 22.3. The van der Waals surface area contributed by atoms with E-state index in [0.29, 0.717) is 72.2 Å². The Morgan fingerprint density at radius 3 is 2.73 bits per heavy atom. The molecule has 200 valence electrons. The highest BCUT2D eigenvalue weighted by atomic mass is 32.1. The van der Waals surface area contributed by atoms with Gasteiger partial charge in [-0.05, 0) is 24.5 Å². The number of benzene rings is 1. The number of thiophene rings is 1. The van der Waals surface area contributed by atoms with Crippen molar-refractivity contribution >= 4 is 11.3 Å². The molecular weight excluding hydrogens is 509 g/mol. The molecule has 4 heterocycles. The molecule has 2 aliphatic rings. The molecule has 0 amide bonds. The van der Waals surface area contributed by atoms with Crippen LogP contribution in [0.15, 0.2) is 24.4 Å². The number of fused-ring (bicyclic) bond motifs is 2. The topological polar surface area (TPSA) is 81.9 Å². The van der Waals surface area contributed by atoms with Crippen molar-refractivity contribution in [2.45, 2.75) is 50.2 Å². The van der Waals surface area contributed by atoms with Gasteiger partial charge in [0.25, 0.3) is 0 Å². The maximum Gasteiger partial charge on any atom is 0.425 e. The van der Waals surface area contributed by atoms with Crippen LogP contribution in [-0.2, 0) is 43.1 Å². The Kier molecular flexibility index (Phi) is 6.94. The molecule has 1 N–H and O–H groups in total. The number of nitrogens with zero attached hydrogens (tertiary/aromatic N) is 4. The second kappa shape index (κ2) is 9.90. The number of hydrogen-bond donors (Lipinski definition) is 1. The number of halogens is 3. The van der Waals surface area contributed by atoms with Gasteiger partial charge in [-0.3, -0.25) is 9.58 Å². The van der Waals surface area contributed by atoms with Crippen LogP contribution in [0.4, 0.5) is 13.2 Å². The molecule has 2 aromatic heterocycles. The van der Waals surface area contributed by atoms with Crippen LogP contribution in [0, 0.1) is 0 Å². The van der Waals surface area contributed by atoms with Gasteiger partial charge in [-0.15, -0.1) is 16.4 Å². The van der Waals surface area contributed by atoms with Crippen LogP contribution in [0.1, 0.15) is 51.0 Å². The average Bonchev–Trinajstić information content (AvgIpc) is 3.49. The smallest absolute Gasteiger partial charge is 0.425 e. The third-order valence-electron chi connectivity index (χ3n) is 7.27. The first kappa shape index (κ1) is 26.0. The van der Waals surface area contributed by atoms with Crippen LogP contribution >= 0.6 is 11.3 Å². The summed E-state index contributed by atoms with van der Waals surface area (Å²) >= 11 is 0.713. The van der Waals surface area contributed by atoms with Crippen molar-refractivity contribution in [1.29, 1.82) is 0 Å². The van der Waals surface area contributed by atoms with E-state index in [4.69, 9.17) is 14.2 Å². The lowest BCUT2D eigenvalue weighted by atomic mass is 9.80. The van der Waals surface area contributed by atoms with Gasteiger partial charge in [0.2, 0.25) is 0 Å². The molecule has 0 radical (unpaired) electrons. The molecule has 1 spiro atoms. The summed E-state index contributed by atoms with van der Waals surface area (Å²) in [5, 5.41) is 18.3. The minimum absolute atomic E-state index is 0.0170. The number of aromatic nitrogens is 3. The first-order chi connectivity index (χ1) is 17.7. The molecule has 2 aliphatic heterocycles. The number of aliphatic hydroxyl groups is 1. The Labute approximate surface area is 216 Å². The van der Waals surface area contributed by atoms with Gasteiger partial charge >= 0.3 is 6.18 Å². The van der Waals surface area contributed by atoms with Gasteiger partial charge in [0, 0.05) is 54.8 Å². The molecule has 1 fully saturated rings. The number of likely N-dealkylation sites (tertiary alicyclic amines) is 1. The number of methoxy groups -OCH3 is 2. The summed E-state index contributed by atoms with van der Waals surface area (Å²) in [4.78, 5) is 2.08. The molecule has 1 unspecified atom stereocenters. The monoisotopic (exact) mass is 538 g/mol. The first-order valence-corrected chi connectivity index (χ1v) is 12.8. The van der Waals surface area contributed by atoms with Crippen LogP contribution < -0.4 is 9.47 Å². The van der Waals surface area contributed by atoms with E-state index in [-0.39, 0.29) is 11.6 Å². The van der Waals surface area contributed by atoms with Crippen molar-refractivity contribution in [2.24, 2.45) is 7.05 Å². The van der Waals surface area contributed by atoms with E-state index in [9.17, 15) is 18.3 Å². The standard InChI is InChI=1S/C25H29F3N4O4S/c1-31-13-19(29-30-31)20-11-24(7-8-32(20)12-15-4-5-16(34-2)10-21(15)35-3)22-17(6-9-36-24)18(14-33)23(37-22)25(26,27)28/h4-5,10,13,20,33H,6-9,11-12,14H2,1-3H3/t20-,24?/m0/s1. The molecule has 0 bridgehead atoms. The van der Waals surface area contributed by atoms with E-state index in [1.54, 1.807) is 25.9 Å². The Morgan fingerprint density at radius 2 is 2.08 bits per heavy atom. The minimum atomic E-state index is -4.53. The molecule has 1 saturated heterocycles. The molecule has 0 saturated carbocycles. The average molecular weight is 539 g/mol. The van der Waals surface area contributed by atoms with Crippen molar-refractivity contribution in [3.05, 3.63) is 56.5 Å². The molecule has 37 heavy (non-hydrogen) atoms. The van der Waals surface area contributed by atoms with Crippen molar-refractivity contribution < 1.29 is 32.5 Å². The number of rotatable bonds is 6. The predicted octanol–water partition coefficient (Wildman–Crippen LogP) is 4.21. The number of alkyl halides is 3. The maximum absolute atomic E-state index is 13.9. The van der Waals surface area contributed by atoms with E-state index in [2.05, 4.69) is 15.2 Å². The number of piperidine rings is 1. The zero-order valence-corrected chi connectivity index (χ0v) is 21.7. The van der Waals surface area contributed by atoms with E-state index < -0.39 is 23.3 Å². The highest BCUT2D eigenvalue weighted by Gasteiger charge is 2.50. The van der Waals surface area contributed by atoms with E-state index >= 15 is 0 Å². The van der Waals surface area contributed by atoms with Crippen molar-refractivity contribution in [1.82, 2.24) is 19.9 Å². The Balaban J connectivity index is 1.53. The molecule has 2 atom stereocenters. The highest BCUT2D eigenvalue weighted by molar-refractivity contribution is 7.12. The van der Waals surface area contributed by atoms with Gasteiger partial charge in [-0.25, -0.2) is 0 Å². The number of aryl methyl sites for hydroxylation is 1. The van der Waals surface area contributed by atoms with Crippen molar-refractivity contribution in [3.63, 3.8) is 0 Å². The molecular formula is C25H29F3N4O4S. The van der Waals surface area contributed by atoms with E-state index in [1.165, 1.54) is 0 Å². The van der Waals surface area contributed by atoms with Crippen LogP contribution in [0.2, 0.25) is 0 Å². The Morgan fingerprint density at radius 1 is 1.27 bits per heavy atom. The third-order valence-corrected chi connectivity index (χ3v) is 8.78. The van der Waals surface area contributed by atoms with Gasteiger partial charge in [0.1, 0.15) is 22.0 Å². The highest BCUT2D eigenvalue weighted by Crippen LogP contribution is 2.53. The van der Waals surface area contributed by atoms with Gasteiger partial charge in [-0.2, -0.15) is 13.2 Å². The summed E-state index contributed by atoms with van der Waals surface area (Å²) in [5.74, 6) is 1.37. The lowest BCUT2D eigenvalue weighted by Crippen LogP contribution is -2.47. The van der Waals surface area contributed by atoms with Crippen LogP contribution in [0.5, 0.6) is 11.5 Å². The molecule has 8 nitrogen and oxygen atoms in total. The largest absolute Gasteiger partial charge is 0.497 e. The van der Waals surface area contributed by atoms with Gasteiger partial charge in [-0.1, -0.05) is 11.3 Å². The van der Waals surface area contributed by atoms with Gasteiger partial charge < -0.3 is 19.3 Å². The molecule has 12 heteroatoms. The summed E-state index contributed by atoms with van der Waals surface area (Å²) in [6.07, 6.45) is -1.42. The van der Waals surface area contributed by atoms with Gasteiger partial charge in [0.05, 0.1) is 39.2 Å². The Bertz CT molecular complexity index is 1280. The summed E-state index contributed by atoms with van der Waals surface area (Å²) in [6.45, 7) is 0.752. The lowest BCUT2D eigenvalue weighted by molar-refractivity contribution is -0.135. The second-order valence-electron chi connectivity index (χ2n) is 9.40. The fraction of sp³-hybridized carbons (Fsp3) is 0.520. The summed E-state index contributed by atoms with van der Waals surface area (Å²) < 4.78 is 60.4.